The zero-order valence-corrected chi connectivity index (χ0v) is 15.7. The van der Waals surface area contributed by atoms with Crippen molar-refractivity contribution < 1.29 is 9.53 Å². The summed E-state index contributed by atoms with van der Waals surface area (Å²) < 4.78 is 5.27. The first kappa shape index (κ1) is 17.6. The molecule has 1 heterocycles. The fourth-order valence-corrected chi connectivity index (χ4v) is 3.53. The van der Waals surface area contributed by atoms with Crippen molar-refractivity contribution in [3.8, 4) is 5.75 Å². The topological polar surface area (TPSA) is 41.9 Å². The Balaban J connectivity index is 1.88. The van der Waals surface area contributed by atoms with E-state index < -0.39 is 0 Å². The van der Waals surface area contributed by atoms with E-state index >= 15 is 0 Å². The molecular weight excluding hydrogens is 356 g/mol. The number of hydrogen-bond donors (Lipinski definition) is 0. The normalized spacial score (nSPS) is 17.6. The van der Waals surface area contributed by atoms with Gasteiger partial charge in [0.1, 0.15) is 5.75 Å². The molecule has 1 saturated heterocycles. The molecule has 0 aromatic heterocycles. The van der Waals surface area contributed by atoms with E-state index in [1.54, 1.807) is 31.2 Å². The second kappa shape index (κ2) is 7.33. The molecule has 1 amide bonds. The SMILES string of the molecule is COc1ccc(/C=C2\SC(=Nc3ccc(Cl)cc3)N(C)C2=O)cc1C. The van der Waals surface area contributed by atoms with Gasteiger partial charge in [0.05, 0.1) is 17.7 Å². The van der Waals surface area contributed by atoms with Crippen LogP contribution in [0.4, 0.5) is 5.69 Å². The molecule has 1 aliphatic heterocycles. The van der Waals surface area contributed by atoms with Gasteiger partial charge in [-0.15, -0.1) is 0 Å². The molecule has 1 fully saturated rings. The molecular formula is C19H17ClN2O2S. The number of methoxy groups -OCH3 is 1. The van der Waals surface area contributed by atoms with Crippen molar-refractivity contribution in [2.24, 2.45) is 4.99 Å². The molecule has 0 bridgehead atoms. The average molecular weight is 373 g/mol. The fourth-order valence-electron chi connectivity index (χ4n) is 2.42. The first-order valence-electron chi connectivity index (χ1n) is 7.64. The summed E-state index contributed by atoms with van der Waals surface area (Å²) in [5.74, 6) is 0.765. The van der Waals surface area contributed by atoms with Crippen LogP contribution in [0.15, 0.2) is 52.4 Å². The van der Waals surface area contributed by atoms with Crippen LogP contribution in [0.2, 0.25) is 5.02 Å². The molecule has 2 aromatic rings. The molecule has 0 unspecified atom stereocenters. The van der Waals surface area contributed by atoms with Gasteiger partial charge in [0.25, 0.3) is 5.91 Å². The fraction of sp³-hybridized carbons (Fsp3) is 0.158. The van der Waals surface area contributed by atoms with E-state index in [4.69, 9.17) is 16.3 Å². The lowest BCUT2D eigenvalue weighted by Crippen LogP contribution is -2.23. The summed E-state index contributed by atoms with van der Waals surface area (Å²) >= 11 is 7.25. The van der Waals surface area contributed by atoms with E-state index in [1.165, 1.54) is 11.8 Å². The van der Waals surface area contributed by atoms with E-state index in [-0.39, 0.29) is 5.91 Å². The summed E-state index contributed by atoms with van der Waals surface area (Å²) in [5, 5.41) is 1.30. The van der Waals surface area contributed by atoms with Gasteiger partial charge >= 0.3 is 0 Å². The van der Waals surface area contributed by atoms with Gasteiger partial charge in [-0.25, -0.2) is 4.99 Å². The van der Waals surface area contributed by atoms with Gasteiger partial charge in [0.2, 0.25) is 0 Å². The van der Waals surface area contributed by atoms with Gasteiger partial charge in [0, 0.05) is 12.1 Å². The second-order valence-corrected chi connectivity index (χ2v) is 7.02. The Morgan fingerprint density at radius 1 is 1.20 bits per heavy atom. The highest BCUT2D eigenvalue weighted by Gasteiger charge is 2.30. The lowest BCUT2D eigenvalue weighted by molar-refractivity contribution is -0.121. The largest absolute Gasteiger partial charge is 0.496 e. The number of likely N-dealkylation sites (N-methyl/N-ethyl adjacent to an activating group) is 1. The Labute approximate surface area is 156 Å². The molecule has 0 aliphatic carbocycles. The minimum absolute atomic E-state index is 0.0637. The molecule has 128 valence electrons. The van der Waals surface area contributed by atoms with Crippen LogP contribution in [0.1, 0.15) is 11.1 Å². The monoisotopic (exact) mass is 372 g/mol. The van der Waals surface area contributed by atoms with Crippen LogP contribution in [-0.4, -0.2) is 30.1 Å². The number of aliphatic imine (C=N–C) groups is 1. The molecule has 25 heavy (non-hydrogen) atoms. The van der Waals surface area contributed by atoms with Gasteiger partial charge in [-0.1, -0.05) is 17.7 Å². The van der Waals surface area contributed by atoms with Gasteiger partial charge in [0.15, 0.2) is 5.17 Å². The first-order chi connectivity index (χ1) is 12.0. The highest BCUT2D eigenvalue weighted by atomic mass is 35.5. The highest BCUT2D eigenvalue weighted by molar-refractivity contribution is 8.18. The maximum atomic E-state index is 12.5. The van der Waals surface area contributed by atoms with Crippen LogP contribution in [0.5, 0.6) is 5.75 Å². The molecule has 0 N–H and O–H groups in total. The maximum absolute atomic E-state index is 12.5. The minimum atomic E-state index is -0.0637. The average Bonchev–Trinajstić information content (AvgIpc) is 2.85. The summed E-state index contributed by atoms with van der Waals surface area (Å²) in [5.41, 5.74) is 2.74. The summed E-state index contributed by atoms with van der Waals surface area (Å²) in [7, 11) is 3.37. The summed E-state index contributed by atoms with van der Waals surface area (Å²) in [6, 6.07) is 13.0. The van der Waals surface area contributed by atoms with E-state index in [1.807, 2.05) is 43.3 Å². The molecule has 6 heteroatoms. The predicted octanol–water partition coefficient (Wildman–Crippen LogP) is 4.89. The van der Waals surface area contributed by atoms with E-state index in [9.17, 15) is 4.79 Å². The predicted molar refractivity (Wildman–Crippen MR) is 105 cm³/mol. The number of rotatable bonds is 3. The molecule has 2 aromatic carbocycles. The van der Waals surface area contributed by atoms with Crippen molar-refractivity contribution >= 4 is 46.2 Å². The zero-order chi connectivity index (χ0) is 18.0. The molecule has 0 saturated carbocycles. The molecule has 4 nitrogen and oxygen atoms in total. The number of nitrogens with zero attached hydrogens (tertiary/aromatic N) is 2. The molecule has 3 rings (SSSR count). The van der Waals surface area contributed by atoms with Gasteiger partial charge < -0.3 is 4.74 Å². The van der Waals surface area contributed by atoms with E-state index in [0.717, 1.165) is 22.6 Å². The number of ether oxygens (including phenoxy) is 1. The smallest absolute Gasteiger partial charge is 0.266 e. The Bertz CT molecular complexity index is 875. The number of carbonyl (C=O) groups excluding carboxylic acids is 1. The van der Waals surface area contributed by atoms with Gasteiger partial charge in [-0.3, -0.25) is 9.69 Å². The Hall–Kier alpha value is -2.24. The zero-order valence-electron chi connectivity index (χ0n) is 14.1. The number of aryl methyl sites for hydroxylation is 1. The standard InChI is InChI=1S/C19H17ClN2O2S/c1-12-10-13(4-9-16(12)24-3)11-17-18(23)22(2)19(25-17)21-15-7-5-14(20)6-8-15/h4-11H,1-3H3/b17-11-,21-19?. The third-order valence-electron chi connectivity index (χ3n) is 3.77. The van der Waals surface area contributed by atoms with E-state index in [0.29, 0.717) is 15.1 Å². The number of amides is 1. The van der Waals surface area contributed by atoms with Crippen LogP contribution in [0.25, 0.3) is 6.08 Å². The van der Waals surface area contributed by atoms with Crippen LogP contribution in [0.3, 0.4) is 0 Å². The van der Waals surface area contributed by atoms with Gasteiger partial charge in [-0.2, -0.15) is 0 Å². The third-order valence-corrected chi connectivity index (χ3v) is 5.08. The van der Waals surface area contributed by atoms with Gasteiger partial charge in [-0.05, 0) is 72.3 Å². The van der Waals surface area contributed by atoms with E-state index in [2.05, 4.69) is 4.99 Å². The van der Waals surface area contributed by atoms with Crippen molar-refractivity contribution in [1.82, 2.24) is 4.90 Å². The minimum Gasteiger partial charge on any atom is -0.496 e. The Morgan fingerprint density at radius 2 is 1.92 bits per heavy atom. The number of benzene rings is 2. The van der Waals surface area contributed by atoms with Crippen LogP contribution >= 0.6 is 23.4 Å². The number of halogens is 1. The summed E-state index contributed by atoms with van der Waals surface area (Å²) in [4.78, 5) is 19.2. The van der Waals surface area contributed by atoms with Crippen molar-refractivity contribution in [3.05, 3.63) is 63.5 Å². The molecule has 1 aliphatic rings. The number of thioether (sulfide) groups is 1. The quantitative estimate of drug-likeness (QED) is 0.720. The van der Waals surface area contributed by atoms with Crippen molar-refractivity contribution in [2.75, 3.05) is 14.2 Å². The summed E-state index contributed by atoms with van der Waals surface area (Å²) in [6.45, 7) is 1.98. The summed E-state index contributed by atoms with van der Waals surface area (Å²) in [6.07, 6.45) is 1.88. The molecule has 0 spiro atoms. The third kappa shape index (κ3) is 3.89. The van der Waals surface area contributed by atoms with Crippen LogP contribution in [0, 0.1) is 6.92 Å². The second-order valence-electron chi connectivity index (χ2n) is 5.57. The van der Waals surface area contributed by atoms with Crippen LogP contribution in [-0.2, 0) is 4.79 Å². The molecule has 0 radical (unpaired) electrons. The lowest BCUT2D eigenvalue weighted by Gasteiger charge is -2.07. The Kier molecular flexibility index (Phi) is 5.16. The van der Waals surface area contributed by atoms with Crippen molar-refractivity contribution in [2.45, 2.75) is 6.92 Å². The van der Waals surface area contributed by atoms with Crippen molar-refractivity contribution in [1.29, 1.82) is 0 Å². The molecule has 0 atom stereocenters. The Morgan fingerprint density at radius 3 is 2.56 bits per heavy atom. The first-order valence-corrected chi connectivity index (χ1v) is 8.84. The number of amidine groups is 1. The highest BCUT2D eigenvalue weighted by Crippen LogP contribution is 2.33. The van der Waals surface area contributed by atoms with Crippen LogP contribution < -0.4 is 4.74 Å². The number of carbonyl (C=O) groups is 1. The van der Waals surface area contributed by atoms with Crippen molar-refractivity contribution in [3.63, 3.8) is 0 Å². The number of hydrogen-bond acceptors (Lipinski definition) is 4. The lowest BCUT2D eigenvalue weighted by atomic mass is 10.1. The maximum Gasteiger partial charge on any atom is 0.266 e.